The summed E-state index contributed by atoms with van der Waals surface area (Å²) in [6.45, 7) is 0.243. The van der Waals surface area contributed by atoms with E-state index < -0.39 is 0 Å². The topological polar surface area (TPSA) is 112 Å². The van der Waals surface area contributed by atoms with Crippen molar-refractivity contribution in [3.8, 4) is 6.07 Å². The largest absolute Gasteiger partial charge is 0.330 e. The highest BCUT2D eigenvalue weighted by atomic mass is 35.5. The summed E-state index contributed by atoms with van der Waals surface area (Å²) in [5.41, 5.74) is 9.14. The Bertz CT molecular complexity index is 1240. The first kappa shape index (κ1) is 24.4. The van der Waals surface area contributed by atoms with Crippen molar-refractivity contribution in [1.82, 2.24) is 9.88 Å². The number of nitriles is 1. The molecule has 1 aliphatic carbocycles. The lowest BCUT2D eigenvalue weighted by Gasteiger charge is -2.38. The number of aromatic nitrogens is 1. The number of amides is 2. The van der Waals surface area contributed by atoms with Gasteiger partial charge < -0.3 is 16.0 Å². The number of hydrogen-bond donors (Lipinski definition) is 2. The van der Waals surface area contributed by atoms with Crippen LogP contribution < -0.4 is 11.1 Å². The molecule has 3 aromatic rings. The van der Waals surface area contributed by atoms with Crippen LogP contribution in [0.5, 0.6) is 0 Å². The fourth-order valence-electron chi connectivity index (χ4n) is 4.38. The molecule has 3 N–H and O–H groups in total. The highest BCUT2D eigenvalue weighted by Crippen LogP contribution is 2.29. The zero-order valence-corrected chi connectivity index (χ0v) is 19.9. The first-order chi connectivity index (χ1) is 17.0. The first-order valence-electron chi connectivity index (χ1n) is 11.5. The Kier molecular flexibility index (Phi) is 7.76. The Balaban J connectivity index is 1.61. The molecule has 0 aliphatic heterocycles. The monoisotopic (exact) mass is 487 g/mol. The SMILES string of the molecule is N#Cc1ccc(C(=O)N(Cc2cc(NC(=O)c3cccnc3)ccc2Cl)C2CCCCC2N)cc1. The van der Waals surface area contributed by atoms with Crippen molar-refractivity contribution in [1.29, 1.82) is 5.26 Å². The van der Waals surface area contributed by atoms with Gasteiger partial charge in [0.25, 0.3) is 11.8 Å². The third kappa shape index (κ3) is 5.86. The molecule has 2 amide bonds. The van der Waals surface area contributed by atoms with Crippen LogP contribution in [0.2, 0.25) is 5.02 Å². The van der Waals surface area contributed by atoms with Gasteiger partial charge in [0.2, 0.25) is 0 Å². The number of benzene rings is 2. The molecule has 2 unspecified atom stereocenters. The van der Waals surface area contributed by atoms with Gasteiger partial charge in [0.05, 0.1) is 17.2 Å². The number of nitrogens with one attached hydrogen (secondary N) is 1. The number of carbonyl (C=O) groups excluding carboxylic acids is 2. The summed E-state index contributed by atoms with van der Waals surface area (Å²) >= 11 is 6.53. The fourth-order valence-corrected chi connectivity index (χ4v) is 4.55. The molecular weight excluding hydrogens is 462 g/mol. The normalized spacial score (nSPS) is 17.3. The van der Waals surface area contributed by atoms with Crippen molar-refractivity contribution in [2.24, 2.45) is 5.73 Å². The Hall–Kier alpha value is -3.73. The van der Waals surface area contributed by atoms with Gasteiger partial charge in [-0.15, -0.1) is 0 Å². The molecule has 178 valence electrons. The number of nitrogens with two attached hydrogens (primary N) is 1. The summed E-state index contributed by atoms with van der Waals surface area (Å²) in [6, 6.07) is 17.0. The molecule has 1 aliphatic rings. The van der Waals surface area contributed by atoms with Gasteiger partial charge in [-0.05, 0) is 73.0 Å². The van der Waals surface area contributed by atoms with Crippen molar-refractivity contribution in [3.05, 3.63) is 94.3 Å². The van der Waals surface area contributed by atoms with Crippen LogP contribution in [0.1, 0.15) is 57.5 Å². The average molecular weight is 488 g/mol. The van der Waals surface area contributed by atoms with Crippen LogP contribution in [0.15, 0.2) is 67.0 Å². The van der Waals surface area contributed by atoms with Crippen molar-refractivity contribution in [2.45, 2.75) is 44.3 Å². The molecule has 8 heteroatoms. The Morgan fingerprint density at radius 1 is 1.11 bits per heavy atom. The van der Waals surface area contributed by atoms with E-state index in [1.807, 2.05) is 0 Å². The number of hydrogen-bond acceptors (Lipinski definition) is 5. The predicted molar refractivity (Wildman–Crippen MR) is 135 cm³/mol. The average Bonchev–Trinajstić information content (AvgIpc) is 2.89. The number of pyridine rings is 1. The van der Waals surface area contributed by atoms with Gasteiger partial charge in [-0.3, -0.25) is 14.6 Å². The molecule has 4 rings (SSSR count). The van der Waals surface area contributed by atoms with Gasteiger partial charge in [0, 0.05) is 47.3 Å². The molecule has 1 aromatic heterocycles. The van der Waals surface area contributed by atoms with Gasteiger partial charge in [0.1, 0.15) is 0 Å². The van der Waals surface area contributed by atoms with E-state index in [9.17, 15) is 9.59 Å². The van der Waals surface area contributed by atoms with E-state index >= 15 is 0 Å². The van der Waals surface area contributed by atoms with Crippen molar-refractivity contribution in [3.63, 3.8) is 0 Å². The zero-order valence-electron chi connectivity index (χ0n) is 19.2. The summed E-state index contributed by atoms with van der Waals surface area (Å²) in [4.78, 5) is 32.0. The lowest BCUT2D eigenvalue weighted by Crippen LogP contribution is -2.51. The molecule has 2 atom stereocenters. The number of halogens is 1. The minimum absolute atomic E-state index is 0.140. The molecule has 35 heavy (non-hydrogen) atoms. The third-order valence-corrected chi connectivity index (χ3v) is 6.64. The minimum Gasteiger partial charge on any atom is -0.330 e. The summed E-state index contributed by atoms with van der Waals surface area (Å²) in [5, 5.41) is 12.4. The molecule has 1 heterocycles. The fraction of sp³-hybridized carbons (Fsp3) is 0.259. The molecule has 0 bridgehead atoms. The third-order valence-electron chi connectivity index (χ3n) is 6.27. The Morgan fingerprint density at radius 2 is 1.89 bits per heavy atom. The maximum atomic E-state index is 13.6. The smallest absolute Gasteiger partial charge is 0.257 e. The van der Waals surface area contributed by atoms with E-state index in [4.69, 9.17) is 22.6 Å². The zero-order chi connectivity index (χ0) is 24.8. The number of anilines is 1. The summed E-state index contributed by atoms with van der Waals surface area (Å²) in [7, 11) is 0. The lowest BCUT2D eigenvalue weighted by molar-refractivity contribution is 0.0583. The highest BCUT2D eigenvalue weighted by Gasteiger charge is 2.32. The van der Waals surface area contributed by atoms with Crippen LogP contribution in [0, 0.1) is 11.3 Å². The molecule has 0 spiro atoms. The van der Waals surface area contributed by atoms with E-state index in [-0.39, 0.29) is 30.4 Å². The first-order valence-corrected chi connectivity index (χ1v) is 11.9. The van der Waals surface area contributed by atoms with E-state index in [2.05, 4.69) is 16.4 Å². The van der Waals surface area contributed by atoms with Crippen LogP contribution in [0.25, 0.3) is 0 Å². The number of nitrogens with zero attached hydrogens (tertiary/aromatic N) is 3. The van der Waals surface area contributed by atoms with E-state index in [1.165, 1.54) is 6.20 Å². The van der Waals surface area contributed by atoms with Gasteiger partial charge in [-0.2, -0.15) is 5.26 Å². The number of carbonyl (C=O) groups is 2. The van der Waals surface area contributed by atoms with Crippen LogP contribution in [0.3, 0.4) is 0 Å². The van der Waals surface area contributed by atoms with Crippen LogP contribution in [-0.2, 0) is 6.54 Å². The maximum Gasteiger partial charge on any atom is 0.257 e. The van der Waals surface area contributed by atoms with Crippen molar-refractivity contribution in [2.75, 3.05) is 5.32 Å². The molecule has 2 aromatic carbocycles. The van der Waals surface area contributed by atoms with Crippen LogP contribution in [-0.4, -0.2) is 33.8 Å². The van der Waals surface area contributed by atoms with Crippen molar-refractivity contribution >= 4 is 29.1 Å². The van der Waals surface area contributed by atoms with Gasteiger partial charge in [-0.1, -0.05) is 24.4 Å². The van der Waals surface area contributed by atoms with Gasteiger partial charge >= 0.3 is 0 Å². The molecule has 0 saturated heterocycles. The summed E-state index contributed by atoms with van der Waals surface area (Å²) in [6.07, 6.45) is 6.77. The Morgan fingerprint density at radius 3 is 2.57 bits per heavy atom. The molecule has 1 saturated carbocycles. The molecule has 7 nitrogen and oxygen atoms in total. The number of rotatable bonds is 6. The van der Waals surface area contributed by atoms with Crippen LogP contribution in [0.4, 0.5) is 5.69 Å². The quantitative estimate of drug-likeness (QED) is 0.520. The highest BCUT2D eigenvalue weighted by molar-refractivity contribution is 6.31. The predicted octanol–water partition coefficient (Wildman–Crippen LogP) is 4.77. The minimum atomic E-state index is -0.286. The van der Waals surface area contributed by atoms with E-state index in [1.54, 1.807) is 65.7 Å². The summed E-state index contributed by atoms with van der Waals surface area (Å²) in [5.74, 6) is -0.455. The molecule has 0 radical (unpaired) electrons. The van der Waals surface area contributed by atoms with E-state index in [0.29, 0.717) is 33.0 Å². The second-order valence-corrected chi connectivity index (χ2v) is 9.05. The summed E-state index contributed by atoms with van der Waals surface area (Å²) < 4.78 is 0. The van der Waals surface area contributed by atoms with Crippen molar-refractivity contribution < 1.29 is 9.59 Å². The molecule has 1 fully saturated rings. The van der Waals surface area contributed by atoms with Gasteiger partial charge in [-0.25, -0.2) is 0 Å². The standard InChI is InChI=1S/C27H26ClN5O2/c28-23-12-11-22(32-26(34)20-4-3-13-31-16-20)14-21(23)17-33(25-6-2-1-5-24(25)30)27(35)19-9-7-18(15-29)8-10-19/h3-4,7-14,16,24-25H,1-2,5-6,17,30H2,(H,32,34). The van der Waals surface area contributed by atoms with Gasteiger partial charge in [0.15, 0.2) is 0 Å². The Labute approximate surface area is 209 Å². The second kappa shape index (κ2) is 11.1. The maximum absolute atomic E-state index is 13.6. The van der Waals surface area contributed by atoms with Crippen LogP contribution >= 0.6 is 11.6 Å². The lowest BCUT2D eigenvalue weighted by atomic mass is 9.89. The molecular formula is C27H26ClN5O2. The van der Waals surface area contributed by atoms with E-state index in [0.717, 1.165) is 25.7 Å². The second-order valence-electron chi connectivity index (χ2n) is 8.64.